The van der Waals surface area contributed by atoms with E-state index in [4.69, 9.17) is 4.74 Å². The van der Waals surface area contributed by atoms with Gasteiger partial charge in [-0.15, -0.1) is 0 Å². The van der Waals surface area contributed by atoms with Crippen LogP contribution in [0.2, 0.25) is 25.7 Å². The number of hydrogen-bond donors (Lipinski definition) is 2. The third-order valence-electron chi connectivity index (χ3n) is 3.64. The summed E-state index contributed by atoms with van der Waals surface area (Å²) in [4.78, 5) is 12.3. The molecule has 120 valence electrons. The maximum absolute atomic E-state index is 12.3. The Morgan fingerprint density at radius 1 is 1.32 bits per heavy atom. The number of rotatable bonds is 6. The van der Waals surface area contributed by atoms with Crippen molar-refractivity contribution in [2.24, 2.45) is 7.05 Å². The highest BCUT2D eigenvalue weighted by atomic mass is 28.3. The summed E-state index contributed by atoms with van der Waals surface area (Å²) in [5.74, 6) is 0. The molecule has 0 atom stereocenters. The zero-order valence-corrected chi connectivity index (χ0v) is 14.5. The summed E-state index contributed by atoms with van der Waals surface area (Å²) < 4.78 is 8.75. The molecule has 22 heavy (non-hydrogen) atoms. The van der Waals surface area contributed by atoms with Crippen LogP contribution in [0.1, 0.15) is 0 Å². The van der Waals surface area contributed by atoms with Crippen molar-refractivity contribution in [3.05, 3.63) is 28.8 Å². The zero-order valence-electron chi connectivity index (χ0n) is 13.5. The van der Waals surface area contributed by atoms with Gasteiger partial charge in [0, 0.05) is 45.0 Å². The van der Waals surface area contributed by atoms with Crippen LogP contribution in [0.3, 0.4) is 0 Å². The van der Waals surface area contributed by atoms with Crippen molar-refractivity contribution in [2.45, 2.75) is 32.4 Å². The summed E-state index contributed by atoms with van der Waals surface area (Å²) in [6.07, 6.45) is 3.19. The second kappa shape index (κ2) is 6.41. The fourth-order valence-corrected chi connectivity index (χ4v) is 3.06. The lowest BCUT2D eigenvalue weighted by Gasteiger charge is -2.16. The van der Waals surface area contributed by atoms with Crippen LogP contribution in [0.25, 0.3) is 10.9 Å². The molecule has 2 aromatic rings. The van der Waals surface area contributed by atoms with E-state index in [0.29, 0.717) is 23.0 Å². The van der Waals surface area contributed by atoms with Gasteiger partial charge in [0.15, 0.2) is 0 Å². The smallest absolute Gasteiger partial charge is 0.423 e. The molecule has 0 fully saturated rings. The molecular formula is C14H23BN2O4Si. The molecule has 0 saturated carbocycles. The molecule has 0 saturated heterocycles. The largest absolute Gasteiger partial charge is 0.490 e. The van der Waals surface area contributed by atoms with Gasteiger partial charge in [-0.2, -0.15) is 0 Å². The summed E-state index contributed by atoms with van der Waals surface area (Å²) in [5, 5.41) is 19.5. The average molecular weight is 322 g/mol. The first-order valence-electron chi connectivity index (χ1n) is 7.33. The number of ether oxygens (including phenoxy) is 1. The molecule has 0 amide bonds. The molecule has 0 aliphatic heterocycles. The molecule has 0 spiro atoms. The highest BCUT2D eigenvalue weighted by Crippen LogP contribution is 2.12. The van der Waals surface area contributed by atoms with Gasteiger partial charge < -0.3 is 23.9 Å². The van der Waals surface area contributed by atoms with E-state index in [9.17, 15) is 14.8 Å². The van der Waals surface area contributed by atoms with Gasteiger partial charge in [0.1, 0.15) is 12.2 Å². The standard InChI is InChI=1S/C14H23BN2O4Si/c1-16-9-12(15(19)20)11-5-6-17(13(11)14(16)18)10-21-7-8-22(2,3)4/h5-6,9,19-20H,7-8,10H2,1-4H3. The molecule has 0 aliphatic carbocycles. The van der Waals surface area contributed by atoms with Gasteiger partial charge in [0.25, 0.3) is 5.56 Å². The second-order valence-electron chi connectivity index (χ2n) is 6.77. The highest BCUT2D eigenvalue weighted by molar-refractivity contribution is 6.76. The first kappa shape index (κ1) is 17.0. The Balaban J connectivity index is 2.27. The van der Waals surface area contributed by atoms with Gasteiger partial charge in [-0.1, -0.05) is 19.6 Å². The lowest BCUT2D eigenvalue weighted by atomic mass is 9.79. The van der Waals surface area contributed by atoms with Crippen LogP contribution in [-0.4, -0.2) is 41.0 Å². The highest BCUT2D eigenvalue weighted by Gasteiger charge is 2.20. The Morgan fingerprint density at radius 3 is 2.59 bits per heavy atom. The van der Waals surface area contributed by atoms with Gasteiger partial charge in [-0.3, -0.25) is 4.79 Å². The van der Waals surface area contributed by atoms with E-state index in [1.807, 2.05) is 0 Å². The van der Waals surface area contributed by atoms with Crippen molar-refractivity contribution in [3.8, 4) is 0 Å². The summed E-state index contributed by atoms with van der Waals surface area (Å²) in [7, 11) is -1.16. The van der Waals surface area contributed by atoms with Gasteiger partial charge in [0.2, 0.25) is 0 Å². The molecule has 0 aromatic carbocycles. The minimum absolute atomic E-state index is 0.182. The lowest BCUT2D eigenvalue weighted by Crippen LogP contribution is -2.35. The number of hydrogen-bond acceptors (Lipinski definition) is 4. The minimum Gasteiger partial charge on any atom is -0.423 e. The van der Waals surface area contributed by atoms with E-state index < -0.39 is 15.2 Å². The summed E-state index contributed by atoms with van der Waals surface area (Å²) in [5.41, 5.74) is 0.567. The molecule has 2 rings (SSSR count). The van der Waals surface area contributed by atoms with Gasteiger partial charge in [0.05, 0.1) is 0 Å². The SMILES string of the molecule is Cn1cc(B(O)O)c2ccn(COCC[Si](C)(C)C)c2c1=O. The van der Waals surface area contributed by atoms with Crippen LogP contribution in [0.15, 0.2) is 23.3 Å². The van der Waals surface area contributed by atoms with Gasteiger partial charge >= 0.3 is 7.12 Å². The topological polar surface area (TPSA) is 76.6 Å². The molecule has 2 N–H and O–H groups in total. The molecule has 0 aliphatic rings. The Hall–Kier alpha value is -1.35. The lowest BCUT2D eigenvalue weighted by molar-refractivity contribution is 0.0901. The van der Waals surface area contributed by atoms with Gasteiger partial charge in [-0.05, 0) is 12.1 Å². The maximum Gasteiger partial charge on any atom is 0.490 e. The summed E-state index contributed by atoms with van der Waals surface area (Å²) in [6, 6.07) is 2.78. The third-order valence-corrected chi connectivity index (χ3v) is 5.34. The predicted octanol–water partition coefficient (Wildman–Crippen LogP) is 0.332. The zero-order chi connectivity index (χ0) is 16.5. The summed E-state index contributed by atoms with van der Waals surface area (Å²) >= 11 is 0. The Labute approximate surface area is 131 Å². The Kier molecular flexibility index (Phi) is 4.96. The van der Waals surface area contributed by atoms with E-state index in [1.165, 1.54) is 10.8 Å². The Morgan fingerprint density at radius 2 is 2.00 bits per heavy atom. The van der Waals surface area contributed by atoms with Crippen LogP contribution in [-0.2, 0) is 18.5 Å². The van der Waals surface area contributed by atoms with E-state index in [1.54, 1.807) is 23.9 Å². The van der Waals surface area contributed by atoms with Crippen molar-refractivity contribution in [1.82, 2.24) is 9.13 Å². The molecule has 0 radical (unpaired) electrons. The fraction of sp³-hybridized carbons (Fsp3) is 0.500. The van der Waals surface area contributed by atoms with E-state index >= 15 is 0 Å². The summed E-state index contributed by atoms with van der Waals surface area (Å²) in [6.45, 7) is 7.80. The van der Waals surface area contributed by atoms with E-state index in [2.05, 4.69) is 19.6 Å². The maximum atomic E-state index is 12.3. The normalized spacial score (nSPS) is 12.1. The van der Waals surface area contributed by atoms with Crippen molar-refractivity contribution < 1.29 is 14.8 Å². The first-order chi connectivity index (χ1) is 10.2. The minimum atomic E-state index is -1.61. The monoisotopic (exact) mass is 322 g/mol. The number of aryl methyl sites for hydroxylation is 1. The van der Waals surface area contributed by atoms with Crippen molar-refractivity contribution in [3.63, 3.8) is 0 Å². The van der Waals surface area contributed by atoms with Crippen molar-refractivity contribution >= 4 is 31.6 Å². The third kappa shape index (κ3) is 3.70. The number of aromatic nitrogens is 2. The molecule has 8 heteroatoms. The van der Waals surface area contributed by atoms with Crippen LogP contribution < -0.4 is 11.0 Å². The molecule has 0 unspecified atom stereocenters. The predicted molar refractivity (Wildman–Crippen MR) is 91.1 cm³/mol. The molecule has 6 nitrogen and oxygen atoms in total. The molecule has 0 bridgehead atoms. The van der Waals surface area contributed by atoms with E-state index in [0.717, 1.165) is 6.04 Å². The number of fused-ring (bicyclic) bond motifs is 1. The fourth-order valence-electron chi connectivity index (χ4n) is 2.30. The van der Waals surface area contributed by atoms with E-state index in [-0.39, 0.29) is 12.3 Å². The average Bonchev–Trinajstić information content (AvgIpc) is 2.81. The molecule has 2 aromatic heterocycles. The van der Waals surface area contributed by atoms with Gasteiger partial charge in [-0.25, -0.2) is 0 Å². The molecular weight excluding hydrogens is 299 g/mol. The number of nitrogens with zero attached hydrogens (tertiary/aromatic N) is 2. The quantitative estimate of drug-likeness (QED) is 0.594. The number of pyridine rings is 1. The first-order valence-corrected chi connectivity index (χ1v) is 11.0. The van der Waals surface area contributed by atoms with Crippen LogP contribution in [0.4, 0.5) is 0 Å². The Bertz CT molecular complexity index is 718. The second-order valence-corrected chi connectivity index (χ2v) is 12.4. The van der Waals surface area contributed by atoms with Crippen molar-refractivity contribution in [1.29, 1.82) is 0 Å². The van der Waals surface area contributed by atoms with Crippen LogP contribution in [0.5, 0.6) is 0 Å². The van der Waals surface area contributed by atoms with Crippen molar-refractivity contribution in [2.75, 3.05) is 6.61 Å². The molecule has 2 heterocycles. The van der Waals surface area contributed by atoms with Crippen LogP contribution >= 0.6 is 0 Å². The van der Waals surface area contributed by atoms with Crippen LogP contribution in [0, 0.1) is 0 Å².